The second kappa shape index (κ2) is 3.51. The molecule has 0 amide bonds. The van der Waals surface area contributed by atoms with E-state index in [0.717, 1.165) is 6.07 Å². The predicted molar refractivity (Wildman–Crippen MR) is 45.2 cm³/mol. The van der Waals surface area contributed by atoms with E-state index in [4.69, 9.17) is 10.3 Å². The van der Waals surface area contributed by atoms with Crippen LogP contribution in [0.4, 0.5) is 15.8 Å². The van der Waals surface area contributed by atoms with E-state index in [9.17, 15) is 8.60 Å². The standard InChI is InChI=1S/C6H7FN2O2S/c7-5-2-1-4(3-6(5)8)9-12(10)11/h1-3,9H,8H2,(H,10,11). The molecule has 4 nitrogen and oxygen atoms in total. The summed E-state index contributed by atoms with van der Waals surface area (Å²) in [5, 5.41) is 0. The Labute approximate surface area is 71.0 Å². The van der Waals surface area contributed by atoms with Gasteiger partial charge in [-0.3, -0.25) is 9.27 Å². The van der Waals surface area contributed by atoms with Gasteiger partial charge in [0.2, 0.25) is 0 Å². The summed E-state index contributed by atoms with van der Waals surface area (Å²) in [6, 6.07) is 3.67. The van der Waals surface area contributed by atoms with Crippen LogP contribution in [0.15, 0.2) is 18.2 Å². The maximum atomic E-state index is 12.5. The van der Waals surface area contributed by atoms with Crippen molar-refractivity contribution >= 4 is 22.6 Å². The summed E-state index contributed by atoms with van der Waals surface area (Å²) >= 11 is -2.16. The maximum Gasteiger partial charge on any atom is 0.259 e. The fourth-order valence-corrected chi connectivity index (χ4v) is 1.04. The Morgan fingerprint density at radius 3 is 2.75 bits per heavy atom. The van der Waals surface area contributed by atoms with Crippen LogP contribution in [0.2, 0.25) is 0 Å². The summed E-state index contributed by atoms with van der Waals surface area (Å²) in [6.07, 6.45) is 0. The van der Waals surface area contributed by atoms with Gasteiger partial charge >= 0.3 is 0 Å². The first kappa shape index (κ1) is 8.95. The quantitative estimate of drug-likeness (QED) is 0.480. The molecule has 0 aliphatic carbocycles. The van der Waals surface area contributed by atoms with E-state index in [-0.39, 0.29) is 5.69 Å². The second-order valence-corrected chi connectivity index (χ2v) is 2.79. The molecule has 0 saturated carbocycles. The first-order chi connectivity index (χ1) is 5.59. The molecule has 0 aliphatic heterocycles. The molecule has 1 aromatic rings. The van der Waals surface area contributed by atoms with Crippen LogP contribution in [0.25, 0.3) is 0 Å². The monoisotopic (exact) mass is 190 g/mol. The van der Waals surface area contributed by atoms with Crippen molar-refractivity contribution in [3.8, 4) is 0 Å². The number of nitrogen functional groups attached to an aromatic ring is 1. The molecule has 0 fully saturated rings. The van der Waals surface area contributed by atoms with Crippen LogP contribution in [0, 0.1) is 5.82 Å². The first-order valence-electron chi connectivity index (χ1n) is 3.02. The van der Waals surface area contributed by atoms with Crippen LogP contribution in [0.1, 0.15) is 0 Å². The lowest BCUT2D eigenvalue weighted by atomic mass is 10.3. The SMILES string of the molecule is Nc1cc(NS(=O)O)ccc1F. The predicted octanol–water partition coefficient (Wildman–Crippen LogP) is 0.956. The molecule has 0 aromatic heterocycles. The van der Waals surface area contributed by atoms with Gasteiger partial charge in [0.05, 0.1) is 11.4 Å². The average Bonchev–Trinajstić information content (AvgIpc) is 1.96. The number of nitrogens with one attached hydrogen (secondary N) is 1. The summed E-state index contributed by atoms with van der Waals surface area (Å²) < 4.78 is 33.3. The van der Waals surface area contributed by atoms with E-state index in [1.54, 1.807) is 0 Å². The van der Waals surface area contributed by atoms with E-state index >= 15 is 0 Å². The van der Waals surface area contributed by atoms with Gasteiger partial charge in [0.25, 0.3) is 11.3 Å². The van der Waals surface area contributed by atoms with Crippen molar-refractivity contribution in [2.45, 2.75) is 0 Å². The Hall–Kier alpha value is -1.14. The van der Waals surface area contributed by atoms with Crippen LogP contribution in [0.3, 0.4) is 0 Å². The molecule has 66 valence electrons. The molecule has 0 heterocycles. The van der Waals surface area contributed by atoms with Gasteiger partial charge in [-0.25, -0.2) is 8.60 Å². The van der Waals surface area contributed by atoms with Gasteiger partial charge in [-0.2, -0.15) is 0 Å². The molecule has 0 radical (unpaired) electrons. The Kier molecular flexibility index (Phi) is 2.61. The molecule has 0 aliphatic rings. The summed E-state index contributed by atoms with van der Waals surface area (Å²) in [4.78, 5) is 0. The highest BCUT2D eigenvalue weighted by molar-refractivity contribution is 7.80. The third kappa shape index (κ3) is 2.18. The van der Waals surface area contributed by atoms with Gasteiger partial charge in [-0.05, 0) is 18.2 Å². The van der Waals surface area contributed by atoms with E-state index in [0.29, 0.717) is 5.69 Å². The highest BCUT2D eigenvalue weighted by Crippen LogP contribution is 2.16. The topological polar surface area (TPSA) is 75.3 Å². The lowest BCUT2D eigenvalue weighted by Crippen LogP contribution is -2.02. The van der Waals surface area contributed by atoms with Crippen LogP contribution >= 0.6 is 0 Å². The molecule has 0 saturated heterocycles. The third-order valence-electron chi connectivity index (χ3n) is 1.20. The van der Waals surface area contributed by atoms with E-state index in [1.165, 1.54) is 12.1 Å². The molecule has 1 unspecified atom stereocenters. The van der Waals surface area contributed by atoms with Gasteiger partial charge < -0.3 is 5.73 Å². The van der Waals surface area contributed by atoms with Crippen molar-refractivity contribution in [2.24, 2.45) is 0 Å². The number of anilines is 2. The third-order valence-corrected chi connectivity index (χ3v) is 1.61. The number of nitrogens with two attached hydrogens (primary N) is 1. The van der Waals surface area contributed by atoms with Crippen molar-refractivity contribution < 1.29 is 13.2 Å². The Balaban J connectivity index is 2.89. The van der Waals surface area contributed by atoms with Crippen molar-refractivity contribution in [2.75, 3.05) is 10.5 Å². The molecule has 1 rings (SSSR count). The number of rotatable bonds is 2. The van der Waals surface area contributed by atoms with Gasteiger partial charge in [0.15, 0.2) is 0 Å². The zero-order valence-corrected chi connectivity index (χ0v) is 6.77. The summed E-state index contributed by atoms with van der Waals surface area (Å²) in [7, 11) is 0. The lowest BCUT2D eigenvalue weighted by Gasteiger charge is -2.02. The van der Waals surface area contributed by atoms with Crippen LogP contribution < -0.4 is 10.5 Å². The van der Waals surface area contributed by atoms with Crippen LogP contribution in [-0.4, -0.2) is 8.76 Å². The minimum absolute atomic E-state index is 0.0644. The lowest BCUT2D eigenvalue weighted by molar-refractivity contribution is 0.570. The highest BCUT2D eigenvalue weighted by atomic mass is 32.2. The molecule has 0 bridgehead atoms. The smallest absolute Gasteiger partial charge is 0.259 e. The van der Waals surface area contributed by atoms with Crippen LogP contribution in [-0.2, 0) is 11.3 Å². The molecular weight excluding hydrogens is 183 g/mol. The summed E-state index contributed by atoms with van der Waals surface area (Å²) in [5.74, 6) is -0.552. The first-order valence-corrected chi connectivity index (χ1v) is 4.13. The van der Waals surface area contributed by atoms with Crippen molar-refractivity contribution in [3.05, 3.63) is 24.0 Å². The fraction of sp³-hybridized carbons (Fsp3) is 0. The Bertz CT molecular complexity index is 318. The average molecular weight is 190 g/mol. The molecular formula is C6H7FN2O2S. The largest absolute Gasteiger partial charge is 0.396 e. The number of hydrogen-bond acceptors (Lipinski definition) is 2. The van der Waals surface area contributed by atoms with E-state index in [1.807, 2.05) is 0 Å². The highest BCUT2D eigenvalue weighted by Gasteiger charge is 2.00. The minimum Gasteiger partial charge on any atom is -0.396 e. The molecule has 1 aromatic carbocycles. The zero-order chi connectivity index (χ0) is 9.14. The van der Waals surface area contributed by atoms with Gasteiger partial charge in [0.1, 0.15) is 5.82 Å². The van der Waals surface area contributed by atoms with Crippen molar-refractivity contribution in [1.29, 1.82) is 0 Å². The fourth-order valence-electron chi connectivity index (χ4n) is 0.708. The Morgan fingerprint density at radius 2 is 2.25 bits per heavy atom. The molecule has 0 spiro atoms. The minimum atomic E-state index is -2.16. The van der Waals surface area contributed by atoms with Gasteiger partial charge in [-0.1, -0.05) is 0 Å². The number of benzene rings is 1. The normalized spacial score (nSPS) is 12.5. The molecule has 12 heavy (non-hydrogen) atoms. The number of hydrogen-bond donors (Lipinski definition) is 3. The number of halogens is 1. The van der Waals surface area contributed by atoms with Gasteiger partial charge in [0, 0.05) is 0 Å². The van der Waals surface area contributed by atoms with Crippen molar-refractivity contribution in [3.63, 3.8) is 0 Å². The Morgan fingerprint density at radius 1 is 1.58 bits per heavy atom. The second-order valence-electron chi connectivity index (χ2n) is 2.09. The van der Waals surface area contributed by atoms with Gasteiger partial charge in [-0.15, -0.1) is 0 Å². The van der Waals surface area contributed by atoms with E-state index < -0.39 is 17.1 Å². The summed E-state index contributed by atoms with van der Waals surface area (Å²) in [5.41, 5.74) is 5.44. The molecule has 1 atom stereocenters. The molecule has 4 N–H and O–H groups in total. The summed E-state index contributed by atoms with van der Waals surface area (Å²) in [6.45, 7) is 0. The molecule has 6 heteroatoms. The van der Waals surface area contributed by atoms with Crippen LogP contribution in [0.5, 0.6) is 0 Å². The zero-order valence-electron chi connectivity index (χ0n) is 5.95. The maximum absolute atomic E-state index is 12.5. The van der Waals surface area contributed by atoms with E-state index in [2.05, 4.69) is 4.72 Å². The van der Waals surface area contributed by atoms with Crippen molar-refractivity contribution in [1.82, 2.24) is 0 Å².